The van der Waals surface area contributed by atoms with E-state index in [4.69, 9.17) is 0 Å². The van der Waals surface area contributed by atoms with Crippen LogP contribution in [0.15, 0.2) is 21.1 Å². The molecule has 1 saturated heterocycles. The summed E-state index contributed by atoms with van der Waals surface area (Å²) in [5.41, 5.74) is 2.70. The predicted molar refractivity (Wildman–Crippen MR) is 77.4 cm³/mol. The molecule has 0 aromatic heterocycles. The summed E-state index contributed by atoms with van der Waals surface area (Å²) in [6, 6.07) is 4.51. The van der Waals surface area contributed by atoms with Crippen molar-refractivity contribution in [1.82, 2.24) is 0 Å². The molecule has 3 heteroatoms. The standard InChI is InChI=1S/C13H17Br2N/c1-9(2)10-7-11(14)13(12(15)8-10)16-5-3-4-6-16/h7-9H,3-6H2,1-2H3. The van der Waals surface area contributed by atoms with Gasteiger partial charge in [-0.3, -0.25) is 0 Å². The average molecular weight is 347 g/mol. The Hall–Kier alpha value is -0.0200. The Kier molecular flexibility index (Phi) is 3.96. The minimum Gasteiger partial charge on any atom is -0.370 e. The molecule has 0 spiro atoms. The van der Waals surface area contributed by atoms with Crippen LogP contribution in [-0.2, 0) is 0 Å². The molecule has 0 amide bonds. The zero-order chi connectivity index (χ0) is 11.7. The van der Waals surface area contributed by atoms with Crippen molar-refractivity contribution >= 4 is 37.5 Å². The molecule has 0 bridgehead atoms. The predicted octanol–water partition coefficient (Wildman–Crippen LogP) is 4.94. The smallest absolute Gasteiger partial charge is 0.0655 e. The number of hydrogen-bond donors (Lipinski definition) is 0. The first-order valence-corrected chi connectivity index (χ1v) is 7.42. The maximum atomic E-state index is 3.70. The lowest BCUT2D eigenvalue weighted by atomic mass is 10.0. The van der Waals surface area contributed by atoms with Gasteiger partial charge in [-0.15, -0.1) is 0 Å². The molecule has 1 aromatic carbocycles. The van der Waals surface area contributed by atoms with E-state index < -0.39 is 0 Å². The molecular formula is C13H17Br2N. The van der Waals surface area contributed by atoms with Gasteiger partial charge in [0.05, 0.1) is 5.69 Å². The molecule has 1 heterocycles. The van der Waals surface area contributed by atoms with E-state index in [1.165, 1.54) is 46.1 Å². The van der Waals surface area contributed by atoms with E-state index in [9.17, 15) is 0 Å². The first kappa shape index (κ1) is 12.4. The van der Waals surface area contributed by atoms with Gasteiger partial charge >= 0.3 is 0 Å². The van der Waals surface area contributed by atoms with Crippen LogP contribution in [0.3, 0.4) is 0 Å². The molecule has 88 valence electrons. The van der Waals surface area contributed by atoms with E-state index in [0.29, 0.717) is 5.92 Å². The Morgan fingerprint density at radius 2 is 1.56 bits per heavy atom. The van der Waals surface area contributed by atoms with Crippen molar-refractivity contribution in [2.24, 2.45) is 0 Å². The van der Waals surface area contributed by atoms with Crippen LogP contribution in [-0.4, -0.2) is 13.1 Å². The van der Waals surface area contributed by atoms with E-state index >= 15 is 0 Å². The summed E-state index contributed by atoms with van der Waals surface area (Å²) in [6.07, 6.45) is 2.62. The number of rotatable bonds is 2. The zero-order valence-corrected chi connectivity index (χ0v) is 12.9. The van der Waals surface area contributed by atoms with E-state index in [0.717, 1.165) is 0 Å². The highest BCUT2D eigenvalue weighted by atomic mass is 79.9. The summed E-state index contributed by atoms with van der Waals surface area (Å²) in [7, 11) is 0. The first-order valence-electron chi connectivity index (χ1n) is 5.83. The second-order valence-electron chi connectivity index (χ2n) is 4.68. The summed E-state index contributed by atoms with van der Waals surface area (Å²) in [6.45, 7) is 6.81. The van der Waals surface area contributed by atoms with Crippen molar-refractivity contribution in [3.8, 4) is 0 Å². The van der Waals surface area contributed by atoms with Gasteiger partial charge in [0.25, 0.3) is 0 Å². The normalized spacial score (nSPS) is 16.2. The summed E-state index contributed by atoms with van der Waals surface area (Å²) in [5, 5.41) is 0. The molecule has 0 unspecified atom stereocenters. The summed E-state index contributed by atoms with van der Waals surface area (Å²) in [5.74, 6) is 0.570. The SMILES string of the molecule is CC(C)c1cc(Br)c(N2CCCC2)c(Br)c1. The molecular weight excluding hydrogens is 330 g/mol. The number of anilines is 1. The molecule has 1 aliphatic rings. The molecule has 16 heavy (non-hydrogen) atoms. The fourth-order valence-corrected chi connectivity index (χ4v) is 3.88. The van der Waals surface area contributed by atoms with Crippen molar-refractivity contribution in [2.75, 3.05) is 18.0 Å². The lowest BCUT2D eigenvalue weighted by Gasteiger charge is -2.22. The third-order valence-corrected chi connectivity index (χ3v) is 4.34. The maximum Gasteiger partial charge on any atom is 0.0655 e. The van der Waals surface area contributed by atoms with Crippen LogP contribution >= 0.6 is 31.9 Å². The third kappa shape index (κ3) is 2.45. The van der Waals surface area contributed by atoms with Gasteiger partial charge in [-0.05, 0) is 68.3 Å². The van der Waals surface area contributed by atoms with Crippen molar-refractivity contribution in [3.05, 3.63) is 26.6 Å². The van der Waals surface area contributed by atoms with Gasteiger partial charge in [-0.2, -0.15) is 0 Å². The van der Waals surface area contributed by atoms with Crippen LogP contribution < -0.4 is 4.90 Å². The topological polar surface area (TPSA) is 3.24 Å². The van der Waals surface area contributed by atoms with Crippen LogP contribution in [0.25, 0.3) is 0 Å². The van der Waals surface area contributed by atoms with Crippen LogP contribution in [0.5, 0.6) is 0 Å². The van der Waals surface area contributed by atoms with Crippen molar-refractivity contribution < 1.29 is 0 Å². The Morgan fingerprint density at radius 3 is 2.00 bits per heavy atom. The molecule has 0 radical (unpaired) electrons. The van der Waals surface area contributed by atoms with Crippen LogP contribution in [0.1, 0.15) is 38.2 Å². The Labute approximate surface area is 114 Å². The maximum absolute atomic E-state index is 3.70. The van der Waals surface area contributed by atoms with Crippen LogP contribution in [0.4, 0.5) is 5.69 Å². The number of halogens is 2. The number of nitrogens with zero attached hydrogens (tertiary/aromatic N) is 1. The van der Waals surface area contributed by atoms with E-state index in [1.807, 2.05) is 0 Å². The van der Waals surface area contributed by atoms with Gasteiger partial charge in [-0.1, -0.05) is 13.8 Å². The summed E-state index contributed by atoms with van der Waals surface area (Å²) < 4.78 is 2.43. The van der Waals surface area contributed by atoms with Crippen molar-refractivity contribution in [3.63, 3.8) is 0 Å². The molecule has 1 aromatic rings. The summed E-state index contributed by atoms with van der Waals surface area (Å²) in [4.78, 5) is 2.46. The van der Waals surface area contributed by atoms with Gasteiger partial charge in [0.2, 0.25) is 0 Å². The fourth-order valence-electron chi connectivity index (χ4n) is 2.16. The highest BCUT2D eigenvalue weighted by Gasteiger charge is 2.18. The highest BCUT2D eigenvalue weighted by molar-refractivity contribution is 9.11. The quantitative estimate of drug-likeness (QED) is 0.733. The Bertz CT molecular complexity index is 359. The summed E-state index contributed by atoms with van der Waals surface area (Å²) >= 11 is 7.41. The van der Waals surface area contributed by atoms with Crippen molar-refractivity contribution in [1.29, 1.82) is 0 Å². The first-order chi connectivity index (χ1) is 7.59. The Morgan fingerprint density at radius 1 is 1.06 bits per heavy atom. The second-order valence-corrected chi connectivity index (χ2v) is 6.39. The fraction of sp³-hybridized carbons (Fsp3) is 0.538. The average Bonchev–Trinajstić information content (AvgIpc) is 2.69. The molecule has 2 rings (SSSR count). The van der Waals surface area contributed by atoms with E-state index in [-0.39, 0.29) is 0 Å². The van der Waals surface area contributed by atoms with E-state index in [1.54, 1.807) is 0 Å². The molecule has 0 aliphatic carbocycles. The van der Waals surface area contributed by atoms with Crippen LogP contribution in [0, 0.1) is 0 Å². The number of benzene rings is 1. The second kappa shape index (κ2) is 5.09. The minimum absolute atomic E-state index is 0.570. The van der Waals surface area contributed by atoms with Crippen molar-refractivity contribution in [2.45, 2.75) is 32.6 Å². The minimum atomic E-state index is 0.570. The highest BCUT2D eigenvalue weighted by Crippen LogP contribution is 2.38. The molecule has 1 aliphatic heterocycles. The zero-order valence-electron chi connectivity index (χ0n) is 9.76. The van der Waals surface area contributed by atoms with Gasteiger partial charge in [0, 0.05) is 22.0 Å². The van der Waals surface area contributed by atoms with Crippen LogP contribution in [0.2, 0.25) is 0 Å². The molecule has 1 nitrogen and oxygen atoms in total. The van der Waals surface area contributed by atoms with E-state index in [2.05, 4.69) is 62.7 Å². The third-order valence-electron chi connectivity index (χ3n) is 3.13. The van der Waals surface area contributed by atoms with Gasteiger partial charge in [0.1, 0.15) is 0 Å². The lowest BCUT2D eigenvalue weighted by Crippen LogP contribution is -2.18. The Balaban J connectivity index is 2.38. The monoisotopic (exact) mass is 345 g/mol. The van der Waals surface area contributed by atoms with Gasteiger partial charge < -0.3 is 4.90 Å². The molecule has 1 fully saturated rings. The molecule has 0 atom stereocenters. The molecule has 0 saturated carbocycles. The lowest BCUT2D eigenvalue weighted by molar-refractivity contribution is 0.861. The largest absolute Gasteiger partial charge is 0.370 e. The van der Waals surface area contributed by atoms with Gasteiger partial charge in [0.15, 0.2) is 0 Å². The molecule has 0 N–H and O–H groups in total. The van der Waals surface area contributed by atoms with Gasteiger partial charge in [-0.25, -0.2) is 0 Å². The number of hydrogen-bond acceptors (Lipinski definition) is 1.